The van der Waals surface area contributed by atoms with Crippen LogP contribution in [-0.4, -0.2) is 50.2 Å². The van der Waals surface area contributed by atoms with Crippen LogP contribution in [0.15, 0.2) is 53.7 Å². The van der Waals surface area contributed by atoms with Crippen molar-refractivity contribution >= 4 is 35.1 Å². The molecule has 0 atom stereocenters. The van der Waals surface area contributed by atoms with Crippen molar-refractivity contribution in [2.75, 3.05) is 39.3 Å². The maximum Gasteiger partial charge on any atom is 0.251 e. The number of amides is 1. The van der Waals surface area contributed by atoms with Gasteiger partial charge < -0.3 is 19.7 Å². The molecule has 0 saturated carbocycles. The number of halogens is 1. The Hall–Kier alpha value is -2.97. The van der Waals surface area contributed by atoms with Crippen LogP contribution in [0.2, 0.25) is 5.15 Å². The highest BCUT2D eigenvalue weighted by atomic mass is 35.5. The first-order chi connectivity index (χ1) is 16.9. The summed E-state index contributed by atoms with van der Waals surface area (Å²) in [6.07, 6.45) is 1.70. The second kappa shape index (κ2) is 13.2. The molecule has 0 fully saturated rings. The Labute approximate surface area is 216 Å². The number of carbonyl (C=O) groups is 1. The summed E-state index contributed by atoms with van der Waals surface area (Å²) in [6.45, 7) is 3.43. The third-order valence-electron chi connectivity index (χ3n) is 5.33. The zero-order valence-electron chi connectivity index (χ0n) is 20.5. The van der Waals surface area contributed by atoms with E-state index in [9.17, 15) is 4.79 Å². The van der Waals surface area contributed by atoms with Crippen LogP contribution >= 0.6 is 23.4 Å². The Morgan fingerprint density at radius 2 is 1.86 bits per heavy atom. The fourth-order valence-electron chi connectivity index (χ4n) is 3.38. The number of ether oxygens (including phenoxy) is 2. The van der Waals surface area contributed by atoms with Crippen LogP contribution in [-0.2, 0) is 12.2 Å². The van der Waals surface area contributed by atoms with Crippen LogP contribution < -0.4 is 19.7 Å². The quantitative estimate of drug-likeness (QED) is 0.201. The molecule has 1 N–H and O–H groups in total. The van der Waals surface area contributed by atoms with Crippen molar-refractivity contribution < 1.29 is 14.3 Å². The largest absolute Gasteiger partial charge is 0.493 e. The van der Waals surface area contributed by atoms with Crippen molar-refractivity contribution in [3.8, 4) is 11.5 Å². The molecule has 0 spiro atoms. The SMILES string of the molecule is CCCNC(=O)c1cccc(CSc2nc(Cl)cc(N(C)CCc3ccc(OC)c(OC)c3)n2)c1. The fraction of sp³-hybridized carbons (Fsp3) is 0.346. The fourth-order valence-corrected chi connectivity index (χ4v) is 4.41. The number of methoxy groups -OCH3 is 2. The van der Waals surface area contributed by atoms with Crippen molar-refractivity contribution in [2.24, 2.45) is 0 Å². The molecule has 0 aliphatic carbocycles. The van der Waals surface area contributed by atoms with Gasteiger partial charge in [0.25, 0.3) is 5.91 Å². The van der Waals surface area contributed by atoms with Crippen molar-refractivity contribution in [2.45, 2.75) is 30.7 Å². The minimum atomic E-state index is -0.0592. The number of hydrogen-bond donors (Lipinski definition) is 1. The van der Waals surface area contributed by atoms with Crippen LogP contribution in [0.25, 0.3) is 0 Å². The van der Waals surface area contributed by atoms with Crippen molar-refractivity contribution in [3.63, 3.8) is 0 Å². The lowest BCUT2D eigenvalue weighted by Crippen LogP contribution is -2.23. The summed E-state index contributed by atoms with van der Waals surface area (Å²) >= 11 is 7.79. The number of rotatable bonds is 12. The zero-order valence-corrected chi connectivity index (χ0v) is 22.1. The molecule has 186 valence electrons. The standard InChI is InChI=1S/C26H31ClN4O3S/c1-5-12-28-25(32)20-8-6-7-19(14-20)17-35-26-29-23(27)16-24(30-26)31(2)13-11-18-9-10-21(33-3)22(15-18)34-4/h6-10,14-16H,5,11-13,17H2,1-4H3,(H,28,32). The molecule has 35 heavy (non-hydrogen) atoms. The van der Waals surface area contributed by atoms with Crippen LogP contribution in [0, 0.1) is 0 Å². The summed E-state index contributed by atoms with van der Waals surface area (Å²) < 4.78 is 10.7. The molecule has 9 heteroatoms. The van der Waals surface area contributed by atoms with Gasteiger partial charge in [0.1, 0.15) is 11.0 Å². The van der Waals surface area contributed by atoms with E-state index >= 15 is 0 Å². The van der Waals surface area contributed by atoms with Crippen molar-refractivity contribution in [1.82, 2.24) is 15.3 Å². The van der Waals surface area contributed by atoms with Gasteiger partial charge in [0, 0.05) is 37.5 Å². The maximum atomic E-state index is 12.2. The molecule has 3 rings (SSSR count). The van der Waals surface area contributed by atoms with Gasteiger partial charge in [-0.25, -0.2) is 9.97 Å². The topological polar surface area (TPSA) is 76.6 Å². The van der Waals surface area contributed by atoms with E-state index in [4.69, 9.17) is 21.1 Å². The number of anilines is 1. The normalized spacial score (nSPS) is 10.7. The summed E-state index contributed by atoms with van der Waals surface area (Å²) in [5.41, 5.74) is 2.80. The van der Waals surface area contributed by atoms with E-state index in [-0.39, 0.29) is 5.91 Å². The smallest absolute Gasteiger partial charge is 0.251 e. The van der Waals surface area contributed by atoms with Gasteiger partial charge in [-0.05, 0) is 48.2 Å². The first-order valence-corrected chi connectivity index (χ1v) is 12.8. The van der Waals surface area contributed by atoms with Gasteiger partial charge in [0.15, 0.2) is 16.7 Å². The molecule has 0 radical (unpaired) electrons. The van der Waals surface area contributed by atoms with Gasteiger partial charge in [-0.1, -0.05) is 48.5 Å². The van der Waals surface area contributed by atoms with E-state index in [1.165, 1.54) is 11.8 Å². The van der Waals surface area contributed by atoms with E-state index in [0.29, 0.717) is 39.7 Å². The van der Waals surface area contributed by atoms with E-state index < -0.39 is 0 Å². The van der Waals surface area contributed by atoms with Gasteiger partial charge in [-0.3, -0.25) is 4.79 Å². The van der Waals surface area contributed by atoms with E-state index in [0.717, 1.165) is 36.3 Å². The minimum absolute atomic E-state index is 0.0592. The van der Waals surface area contributed by atoms with Crippen molar-refractivity contribution in [3.05, 3.63) is 70.4 Å². The molecular weight excluding hydrogens is 484 g/mol. The highest BCUT2D eigenvalue weighted by molar-refractivity contribution is 7.98. The summed E-state index contributed by atoms with van der Waals surface area (Å²) in [5, 5.41) is 3.89. The van der Waals surface area contributed by atoms with Gasteiger partial charge in [-0.2, -0.15) is 0 Å². The molecule has 1 heterocycles. The molecule has 1 aromatic heterocycles. The molecule has 0 bridgehead atoms. The van der Waals surface area contributed by atoms with Gasteiger partial charge in [-0.15, -0.1) is 0 Å². The maximum absolute atomic E-state index is 12.2. The third-order valence-corrected chi connectivity index (χ3v) is 6.44. The number of nitrogens with one attached hydrogen (secondary N) is 1. The summed E-state index contributed by atoms with van der Waals surface area (Å²) in [5.74, 6) is 2.74. The number of likely N-dealkylation sites (N-methyl/N-ethyl adjacent to an activating group) is 1. The average molecular weight is 515 g/mol. The molecule has 7 nitrogen and oxygen atoms in total. The molecule has 0 saturated heterocycles. The number of thioether (sulfide) groups is 1. The zero-order chi connectivity index (χ0) is 25.2. The van der Waals surface area contributed by atoms with E-state index in [1.54, 1.807) is 20.3 Å². The average Bonchev–Trinajstić information content (AvgIpc) is 2.88. The molecule has 0 unspecified atom stereocenters. The van der Waals surface area contributed by atoms with Crippen LogP contribution in [0.3, 0.4) is 0 Å². The second-order valence-electron chi connectivity index (χ2n) is 7.94. The van der Waals surface area contributed by atoms with Gasteiger partial charge in [0.05, 0.1) is 14.2 Å². The Balaban J connectivity index is 1.63. The van der Waals surface area contributed by atoms with E-state index in [1.807, 2.05) is 61.3 Å². The Morgan fingerprint density at radius 1 is 1.06 bits per heavy atom. The summed E-state index contributed by atoms with van der Waals surface area (Å²) in [6, 6.07) is 15.3. The highest BCUT2D eigenvalue weighted by Crippen LogP contribution is 2.28. The second-order valence-corrected chi connectivity index (χ2v) is 9.27. The highest BCUT2D eigenvalue weighted by Gasteiger charge is 2.11. The first-order valence-electron chi connectivity index (χ1n) is 11.4. The lowest BCUT2D eigenvalue weighted by Gasteiger charge is -2.19. The molecule has 1 amide bonds. The first kappa shape index (κ1) is 26.6. The Morgan fingerprint density at radius 3 is 2.60 bits per heavy atom. The number of carbonyl (C=O) groups excluding carboxylic acids is 1. The number of benzene rings is 2. The Kier molecular flexibility index (Phi) is 10.0. The summed E-state index contributed by atoms with van der Waals surface area (Å²) in [4.78, 5) is 23.4. The number of nitrogens with zero attached hydrogens (tertiary/aromatic N) is 3. The lowest BCUT2D eigenvalue weighted by molar-refractivity contribution is 0.0953. The number of aromatic nitrogens is 2. The van der Waals surface area contributed by atoms with Gasteiger partial charge >= 0.3 is 0 Å². The van der Waals surface area contributed by atoms with Gasteiger partial charge in [0.2, 0.25) is 0 Å². The minimum Gasteiger partial charge on any atom is -0.493 e. The molecule has 0 aliphatic heterocycles. The third kappa shape index (κ3) is 7.77. The van der Waals surface area contributed by atoms with Crippen LogP contribution in [0.5, 0.6) is 11.5 Å². The molecule has 3 aromatic rings. The molecule has 2 aromatic carbocycles. The molecular formula is C26H31ClN4O3S. The predicted molar refractivity (Wildman–Crippen MR) is 142 cm³/mol. The van der Waals surface area contributed by atoms with Crippen LogP contribution in [0.4, 0.5) is 5.82 Å². The van der Waals surface area contributed by atoms with E-state index in [2.05, 4.69) is 15.3 Å². The number of hydrogen-bond acceptors (Lipinski definition) is 7. The lowest BCUT2D eigenvalue weighted by atomic mass is 10.1. The monoisotopic (exact) mass is 514 g/mol. The predicted octanol–water partition coefficient (Wildman–Crippen LogP) is 5.26. The summed E-state index contributed by atoms with van der Waals surface area (Å²) in [7, 11) is 5.24. The molecule has 0 aliphatic rings. The Bertz CT molecular complexity index is 1150. The van der Waals surface area contributed by atoms with Crippen molar-refractivity contribution in [1.29, 1.82) is 0 Å². The van der Waals surface area contributed by atoms with Crippen LogP contribution in [0.1, 0.15) is 34.8 Å².